The second kappa shape index (κ2) is 10.4. The Morgan fingerprint density at radius 3 is 1.34 bits per heavy atom. The van der Waals surface area contributed by atoms with Crippen LogP contribution in [0.15, 0.2) is 179 Å². The van der Waals surface area contributed by atoms with Crippen molar-refractivity contribution in [2.45, 2.75) is 0 Å². The monoisotopic (exact) mass is 636 g/mol. The molecule has 0 atom stereocenters. The third-order valence-electron chi connectivity index (χ3n) is 10.4. The third-order valence-corrected chi connectivity index (χ3v) is 10.4. The first kappa shape index (κ1) is 27.3. The van der Waals surface area contributed by atoms with Crippen LogP contribution in [0.3, 0.4) is 0 Å². The minimum atomic E-state index is 0.869. The van der Waals surface area contributed by atoms with Crippen LogP contribution in [0.1, 0.15) is 0 Å². The van der Waals surface area contributed by atoms with E-state index in [0.29, 0.717) is 0 Å². The second-order valence-corrected chi connectivity index (χ2v) is 13.2. The molecule has 11 aromatic rings. The van der Waals surface area contributed by atoms with E-state index >= 15 is 0 Å². The summed E-state index contributed by atoms with van der Waals surface area (Å²) in [6.45, 7) is 0. The van der Waals surface area contributed by atoms with Gasteiger partial charge in [-0.05, 0) is 79.2 Å². The van der Waals surface area contributed by atoms with Gasteiger partial charge in [0.25, 0.3) is 0 Å². The van der Waals surface area contributed by atoms with E-state index in [2.05, 4.69) is 158 Å². The summed E-state index contributed by atoms with van der Waals surface area (Å²) in [4.78, 5) is 0. The summed E-state index contributed by atoms with van der Waals surface area (Å²) in [5, 5.41) is 11.6. The van der Waals surface area contributed by atoms with Gasteiger partial charge in [-0.2, -0.15) is 0 Å². The fourth-order valence-corrected chi connectivity index (χ4v) is 8.29. The van der Waals surface area contributed by atoms with Crippen molar-refractivity contribution in [1.29, 1.82) is 0 Å². The molecule has 0 N–H and O–H groups in total. The molecule has 0 amide bonds. The van der Waals surface area contributed by atoms with Gasteiger partial charge < -0.3 is 8.83 Å². The van der Waals surface area contributed by atoms with Gasteiger partial charge in [0.15, 0.2) is 0 Å². The van der Waals surface area contributed by atoms with Crippen LogP contribution >= 0.6 is 0 Å². The van der Waals surface area contributed by atoms with Crippen LogP contribution in [-0.2, 0) is 0 Å². The molecule has 11 rings (SSSR count). The van der Waals surface area contributed by atoms with Crippen LogP contribution in [-0.4, -0.2) is 0 Å². The van der Waals surface area contributed by atoms with Crippen LogP contribution in [0.4, 0.5) is 0 Å². The van der Waals surface area contributed by atoms with Crippen LogP contribution in [0, 0.1) is 0 Å². The number of fused-ring (bicyclic) bond motifs is 12. The Bertz CT molecular complexity index is 3080. The van der Waals surface area contributed by atoms with Crippen molar-refractivity contribution < 1.29 is 8.83 Å². The summed E-state index contributed by atoms with van der Waals surface area (Å²) in [6, 6.07) is 60.7. The van der Waals surface area contributed by atoms with Crippen LogP contribution in [0.5, 0.6) is 0 Å². The molecule has 0 bridgehead atoms. The molecule has 0 aliphatic rings. The zero-order valence-electron chi connectivity index (χ0n) is 27.0. The fourth-order valence-electron chi connectivity index (χ4n) is 8.29. The summed E-state index contributed by atoms with van der Waals surface area (Å²) in [7, 11) is 0. The number of rotatable bonds is 3. The molecule has 2 heterocycles. The summed E-state index contributed by atoms with van der Waals surface area (Å²) in [5.41, 5.74) is 10.8. The van der Waals surface area contributed by atoms with Crippen molar-refractivity contribution in [1.82, 2.24) is 0 Å². The van der Waals surface area contributed by atoms with Crippen molar-refractivity contribution in [3.05, 3.63) is 170 Å². The van der Waals surface area contributed by atoms with Crippen molar-refractivity contribution in [3.63, 3.8) is 0 Å². The number of hydrogen-bond acceptors (Lipinski definition) is 2. The van der Waals surface area contributed by atoms with Gasteiger partial charge in [-0.1, -0.05) is 146 Å². The number of furan rings is 2. The molecular weight excluding hydrogens is 609 g/mol. The highest BCUT2D eigenvalue weighted by Crippen LogP contribution is 2.47. The lowest BCUT2D eigenvalue weighted by Crippen LogP contribution is -1.91. The van der Waals surface area contributed by atoms with Crippen molar-refractivity contribution in [2.75, 3.05) is 0 Å². The lowest BCUT2D eigenvalue weighted by molar-refractivity contribution is 0.668. The lowest BCUT2D eigenvalue weighted by atomic mass is 9.85. The Morgan fingerprint density at radius 1 is 0.260 bits per heavy atom. The van der Waals surface area contributed by atoms with Crippen LogP contribution in [0.25, 0.3) is 110 Å². The Morgan fingerprint density at radius 2 is 0.700 bits per heavy atom. The highest BCUT2D eigenvalue weighted by atomic mass is 16.3. The maximum absolute atomic E-state index is 6.80. The second-order valence-electron chi connectivity index (χ2n) is 13.2. The largest absolute Gasteiger partial charge is 0.455 e. The average Bonchev–Trinajstić information content (AvgIpc) is 3.76. The molecule has 0 aliphatic carbocycles. The van der Waals surface area contributed by atoms with Crippen molar-refractivity contribution in [2.24, 2.45) is 0 Å². The number of benzene rings is 9. The van der Waals surface area contributed by atoms with Gasteiger partial charge in [-0.25, -0.2) is 0 Å². The van der Waals surface area contributed by atoms with Gasteiger partial charge in [0.1, 0.15) is 22.3 Å². The summed E-state index contributed by atoms with van der Waals surface area (Å²) in [5.74, 6) is 0. The molecule has 2 heteroatoms. The summed E-state index contributed by atoms with van der Waals surface area (Å²) in [6.07, 6.45) is 0. The summed E-state index contributed by atoms with van der Waals surface area (Å²) >= 11 is 0. The lowest BCUT2D eigenvalue weighted by Gasteiger charge is -2.18. The van der Waals surface area contributed by atoms with E-state index in [0.717, 1.165) is 65.8 Å². The van der Waals surface area contributed by atoms with E-state index in [9.17, 15) is 0 Å². The Kier molecular flexibility index (Phi) is 5.70. The van der Waals surface area contributed by atoms with Gasteiger partial charge in [0.05, 0.1) is 0 Å². The molecule has 0 aliphatic heterocycles. The molecule has 0 unspecified atom stereocenters. The Hall–Kier alpha value is -6.64. The van der Waals surface area contributed by atoms with Crippen LogP contribution in [0.2, 0.25) is 0 Å². The first-order valence-electron chi connectivity index (χ1n) is 17.1. The van der Waals surface area contributed by atoms with Gasteiger partial charge >= 0.3 is 0 Å². The zero-order chi connectivity index (χ0) is 32.8. The SMILES string of the molecule is c1ccc(-c2c3ccccc3c(-c3cccc(-c4ccc5c(c4)oc4c6ccccc6c6oc7ccccc7c6c54)c3)c3ccccc23)cc1. The smallest absolute Gasteiger partial charge is 0.144 e. The average molecular weight is 637 g/mol. The number of hydrogen-bond donors (Lipinski definition) is 0. The van der Waals surface area contributed by atoms with E-state index in [1.807, 2.05) is 12.1 Å². The minimum Gasteiger partial charge on any atom is -0.455 e. The van der Waals surface area contributed by atoms with Gasteiger partial charge in [-0.15, -0.1) is 0 Å². The molecule has 2 aromatic heterocycles. The molecular formula is C48H28O2. The third kappa shape index (κ3) is 3.85. The van der Waals surface area contributed by atoms with Crippen molar-refractivity contribution in [3.8, 4) is 33.4 Å². The molecule has 0 saturated carbocycles. The van der Waals surface area contributed by atoms with E-state index in [1.165, 1.54) is 43.8 Å². The van der Waals surface area contributed by atoms with Crippen LogP contribution < -0.4 is 0 Å². The summed E-state index contributed by atoms with van der Waals surface area (Å²) < 4.78 is 13.3. The van der Waals surface area contributed by atoms with E-state index in [4.69, 9.17) is 8.83 Å². The topological polar surface area (TPSA) is 26.3 Å². The maximum Gasteiger partial charge on any atom is 0.144 e. The molecule has 0 radical (unpaired) electrons. The molecule has 9 aromatic carbocycles. The predicted octanol–water partition coefficient (Wildman–Crippen LogP) is 13.9. The molecule has 0 spiro atoms. The fraction of sp³-hybridized carbons (Fsp3) is 0. The maximum atomic E-state index is 6.80. The molecule has 0 saturated heterocycles. The minimum absolute atomic E-state index is 0.869. The van der Waals surface area contributed by atoms with E-state index < -0.39 is 0 Å². The quantitative estimate of drug-likeness (QED) is 0.180. The van der Waals surface area contributed by atoms with Gasteiger partial charge in [0, 0.05) is 32.3 Å². The predicted molar refractivity (Wildman–Crippen MR) is 210 cm³/mol. The van der Waals surface area contributed by atoms with Crippen molar-refractivity contribution >= 4 is 76.2 Å². The number of para-hydroxylation sites is 1. The molecule has 232 valence electrons. The highest BCUT2D eigenvalue weighted by Gasteiger charge is 2.21. The van der Waals surface area contributed by atoms with Gasteiger partial charge in [0.2, 0.25) is 0 Å². The highest BCUT2D eigenvalue weighted by molar-refractivity contribution is 6.34. The van der Waals surface area contributed by atoms with E-state index in [1.54, 1.807) is 0 Å². The van der Waals surface area contributed by atoms with Gasteiger partial charge in [-0.3, -0.25) is 0 Å². The first-order chi connectivity index (χ1) is 24.8. The van der Waals surface area contributed by atoms with E-state index in [-0.39, 0.29) is 0 Å². The molecule has 0 fully saturated rings. The molecule has 2 nitrogen and oxygen atoms in total. The normalized spacial score (nSPS) is 12.0. The first-order valence-corrected chi connectivity index (χ1v) is 17.1. The standard InChI is InChI=1S/C48H28O2/c1-2-13-29(14-3-1)43-33-17-4-6-19-35(33)44(36-20-7-5-18-34(36)43)32-16-12-15-30(27-32)31-25-26-40-42(28-31)50-48-38-22-9-8-21-37(38)47-45(46(40)48)39-23-10-11-24-41(39)49-47/h1-28H. The molecule has 50 heavy (non-hydrogen) atoms. The Labute approximate surface area is 287 Å². The zero-order valence-corrected chi connectivity index (χ0v) is 27.0. The Balaban J connectivity index is 1.14.